The number of aromatic nitrogens is 1. The Bertz CT molecular complexity index is 813. The summed E-state index contributed by atoms with van der Waals surface area (Å²) in [5, 5.41) is 8.78. The number of benzene rings is 1. The Labute approximate surface area is 128 Å². The molecule has 1 N–H and O–H groups in total. The van der Waals surface area contributed by atoms with Gasteiger partial charge in [-0.15, -0.1) is 0 Å². The second-order valence-electron chi connectivity index (χ2n) is 4.38. The highest BCUT2D eigenvalue weighted by Gasteiger charge is 2.18. The molecule has 0 saturated heterocycles. The molecule has 0 radical (unpaired) electrons. The molecule has 1 aromatic heterocycles. The molecule has 0 aliphatic heterocycles. The summed E-state index contributed by atoms with van der Waals surface area (Å²) >= 11 is 5.93. The Morgan fingerprint density at radius 3 is 2.76 bits per heavy atom. The minimum atomic E-state index is -3.74. The zero-order valence-corrected chi connectivity index (χ0v) is 12.7. The number of aryl methyl sites for hydroxylation is 1. The van der Waals surface area contributed by atoms with E-state index in [0.717, 1.165) is 11.1 Å². The highest BCUT2D eigenvalue weighted by atomic mass is 35.5. The summed E-state index contributed by atoms with van der Waals surface area (Å²) in [6, 6.07) is 7.72. The molecule has 0 bridgehead atoms. The van der Waals surface area contributed by atoms with Crippen molar-refractivity contribution in [3.8, 4) is 6.07 Å². The Morgan fingerprint density at radius 2 is 2.14 bits per heavy atom. The van der Waals surface area contributed by atoms with Crippen molar-refractivity contribution in [2.24, 2.45) is 0 Å². The van der Waals surface area contributed by atoms with Gasteiger partial charge >= 0.3 is 0 Å². The lowest BCUT2D eigenvalue weighted by atomic mass is 10.2. The lowest BCUT2D eigenvalue weighted by Gasteiger charge is -2.10. The van der Waals surface area contributed by atoms with Crippen LogP contribution in [0.1, 0.15) is 16.7 Å². The first kappa shape index (κ1) is 15.4. The van der Waals surface area contributed by atoms with Crippen molar-refractivity contribution in [2.45, 2.75) is 18.4 Å². The van der Waals surface area contributed by atoms with Crippen molar-refractivity contribution in [3.63, 3.8) is 0 Å². The molecule has 108 valence electrons. The Hall–Kier alpha value is -1.94. The SMILES string of the molecule is Cc1cnccc1CNS(=O)(=O)c1ccc(C#N)cc1Cl. The van der Waals surface area contributed by atoms with Crippen LogP contribution in [-0.2, 0) is 16.6 Å². The normalized spacial score (nSPS) is 11.1. The van der Waals surface area contributed by atoms with Crippen LogP contribution < -0.4 is 4.72 Å². The van der Waals surface area contributed by atoms with Gasteiger partial charge < -0.3 is 0 Å². The van der Waals surface area contributed by atoms with Gasteiger partial charge in [-0.25, -0.2) is 13.1 Å². The van der Waals surface area contributed by atoms with E-state index in [1.54, 1.807) is 18.5 Å². The molecule has 1 aromatic carbocycles. The fraction of sp³-hybridized carbons (Fsp3) is 0.143. The van der Waals surface area contributed by atoms with Gasteiger partial charge in [-0.2, -0.15) is 5.26 Å². The number of halogens is 1. The quantitative estimate of drug-likeness (QED) is 0.937. The third kappa shape index (κ3) is 3.58. The molecule has 0 aliphatic carbocycles. The Kier molecular flexibility index (Phi) is 4.58. The van der Waals surface area contributed by atoms with Crippen LogP contribution >= 0.6 is 11.6 Å². The Balaban J connectivity index is 2.24. The van der Waals surface area contributed by atoms with Crippen molar-refractivity contribution in [3.05, 3.63) is 58.4 Å². The van der Waals surface area contributed by atoms with E-state index in [4.69, 9.17) is 16.9 Å². The van der Waals surface area contributed by atoms with Crippen molar-refractivity contribution in [1.29, 1.82) is 5.26 Å². The molecule has 7 heteroatoms. The van der Waals surface area contributed by atoms with Crippen LogP contribution in [0.2, 0.25) is 5.02 Å². The fourth-order valence-corrected chi connectivity index (χ4v) is 3.29. The van der Waals surface area contributed by atoms with Crippen LogP contribution in [-0.4, -0.2) is 13.4 Å². The lowest BCUT2D eigenvalue weighted by Crippen LogP contribution is -2.24. The maximum absolute atomic E-state index is 12.2. The zero-order valence-electron chi connectivity index (χ0n) is 11.2. The summed E-state index contributed by atoms with van der Waals surface area (Å²) in [5.41, 5.74) is 2.04. The van der Waals surface area contributed by atoms with Gasteiger partial charge in [0, 0.05) is 18.9 Å². The summed E-state index contributed by atoms with van der Waals surface area (Å²) < 4.78 is 27.0. The van der Waals surface area contributed by atoms with E-state index in [2.05, 4.69) is 9.71 Å². The fourth-order valence-electron chi connectivity index (χ4n) is 1.74. The standard InChI is InChI=1S/C14H12ClN3O2S/c1-10-8-17-5-4-12(10)9-18-21(19,20)14-3-2-11(7-16)6-13(14)15/h2-6,8,18H,9H2,1H3. The molecule has 0 amide bonds. The number of hydrogen-bond donors (Lipinski definition) is 1. The molecule has 0 fully saturated rings. The van der Waals surface area contributed by atoms with Gasteiger partial charge in [0.25, 0.3) is 0 Å². The molecular formula is C14H12ClN3O2S. The first-order valence-corrected chi connectivity index (χ1v) is 7.89. The topological polar surface area (TPSA) is 82.8 Å². The molecule has 5 nitrogen and oxygen atoms in total. The van der Waals surface area contributed by atoms with Crippen LogP contribution in [0.3, 0.4) is 0 Å². The van der Waals surface area contributed by atoms with Gasteiger partial charge in [0.05, 0.1) is 16.7 Å². The van der Waals surface area contributed by atoms with E-state index in [1.165, 1.54) is 18.2 Å². The summed E-state index contributed by atoms with van der Waals surface area (Å²) in [6.45, 7) is 2.00. The number of hydrogen-bond acceptors (Lipinski definition) is 4. The van der Waals surface area contributed by atoms with E-state index < -0.39 is 10.0 Å². The zero-order chi connectivity index (χ0) is 15.5. The third-order valence-electron chi connectivity index (χ3n) is 2.94. The predicted octanol–water partition coefficient (Wildman–Crippen LogP) is 2.39. The van der Waals surface area contributed by atoms with Crippen LogP contribution in [0.4, 0.5) is 0 Å². The molecule has 21 heavy (non-hydrogen) atoms. The number of pyridine rings is 1. The predicted molar refractivity (Wildman–Crippen MR) is 79.2 cm³/mol. The van der Waals surface area contributed by atoms with Gasteiger partial charge in [-0.1, -0.05) is 11.6 Å². The third-order valence-corrected chi connectivity index (χ3v) is 4.82. The first-order valence-electron chi connectivity index (χ1n) is 6.03. The minimum Gasteiger partial charge on any atom is -0.264 e. The molecule has 0 atom stereocenters. The van der Waals surface area contributed by atoms with E-state index in [9.17, 15) is 8.42 Å². The average Bonchev–Trinajstić information content (AvgIpc) is 2.46. The maximum atomic E-state index is 12.2. The van der Waals surface area contributed by atoms with Crippen LogP contribution in [0.25, 0.3) is 0 Å². The van der Waals surface area contributed by atoms with E-state index in [0.29, 0.717) is 5.56 Å². The number of sulfonamides is 1. The molecule has 2 rings (SSSR count). The monoisotopic (exact) mass is 321 g/mol. The lowest BCUT2D eigenvalue weighted by molar-refractivity contribution is 0.581. The van der Waals surface area contributed by atoms with Gasteiger partial charge in [0.2, 0.25) is 10.0 Å². The van der Waals surface area contributed by atoms with Gasteiger partial charge in [0.15, 0.2) is 0 Å². The molecule has 0 unspecified atom stereocenters. The molecule has 1 heterocycles. The van der Waals surface area contributed by atoms with E-state index in [1.807, 2.05) is 13.0 Å². The Morgan fingerprint density at radius 1 is 1.38 bits per heavy atom. The second kappa shape index (κ2) is 6.22. The highest BCUT2D eigenvalue weighted by Crippen LogP contribution is 2.22. The van der Waals surface area contributed by atoms with Crippen molar-refractivity contribution in [1.82, 2.24) is 9.71 Å². The summed E-state index contributed by atoms with van der Waals surface area (Å²) in [4.78, 5) is 3.91. The molecule has 0 spiro atoms. The molecule has 2 aromatic rings. The van der Waals surface area contributed by atoms with Crippen molar-refractivity contribution in [2.75, 3.05) is 0 Å². The molecule has 0 aliphatic rings. The molecule has 0 saturated carbocycles. The van der Waals surface area contributed by atoms with Gasteiger partial charge in [-0.05, 0) is 42.3 Å². The number of nitrogens with zero attached hydrogens (tertiary/aromatic N) is 2. The largest absolute Gasteiger partial charge is 0.264 e. The van der Waals surface area contributed by atoms with E-state index in [-0.39, 0.29) is 16.5 Å². The number of rotatable bonds is 4. The van der Waals surface area contributed by atoms with E-state index >= 15 is 0 Å². The first-order chi connectivity index (χ1) is 9.94. The smallest absolute Gasteiger partial charge is 0.242 e. The summed E-state index contributed by atoms with van der Waals surface area (Å²) in [7, 11) is -3.74. The maximum Gasteiger partial charge on any atom is 0.242 e. The van der Waals surface area contributed by atoms with Gasteiger partial charge in [-0.3, -0.25) is 4.98 Å². The van der Waals surface area contributed by atoms with Crippen LogP contribution in [0, 0.1) is 18.3 Å². The van der Waals surface area contributed by atoms with Crippen molar-refractivity contribution >= 4 is 21.6 Å². The number of nitriles is 1. The molecular weight excluding hydrogens is 310 g/mol. The van der Waals surface area contributed by atoms with Crippen LogP contribution in [0.5, 0.6) is 0 Å². The summed E-state index contributed by atoms with van der Waals surface area (Å²) in [5.74, 6) is 0. The highest BCUT2D eigenvalue weighted by molar-refractivity contribution is 7.89. The van der Waals surface area contributed by atoms with Crippen LogP contribution in [0.15, 0.2) is 41.6 Å². The number of nitrogens with one attached hydrogen (secondary N) is 1. The minimum absolute atomic E-state index is 0.0213. The van der Waals surface area contributed by atoms with Gasteiger partial charge in [0.1, 0.15) is 4.90 Å². The van der Waals surface area contributed by atoms with Crippen molar-refractivity contribution < 1.29 is 8.42 Å². The summed E-state index contributed by atoms with van der Waals surface area (Å²) in [6.07, 6.45) is 3.27. The average molecular weight is 322 g/mol. The second-order valence-corrected chi connectivity index (χ2v) is 6.53.